The number of thiophene rings is 1. The van der Waals surface area contributed by atoms with Gasteiger partial charge in [0, 0.05) is 36.8 Å². The second-order valence-electron chi connectivity index (χ2n) is 4.50. The van der Waals surface area contributed by atoms with Gasteiger partial charge in [-0.25, -0.2) is 0 Å². The van der Waals surface area contributed by atoms with Crippen molar-refractivity contribution in [1.29, 1.82) is 0 Å². The van der Waals surface area contributed by atoms with Crippen LogP contribution in [0.15, 0.2) is 17.6 Å². The smallest absolute Gasteiger partial charge is 0.262 e. The lowest BCUT2D eigenvalue weighted by atomic mass is 10.2. The van der Waals surface area contributed by atoms with E-state index in [1.807, 2.05) is 25.4 Å². The van der Waals surface area contributed by atoms with Crippen molar-refractivity contribution in [3.05, 3.63) is 39.3 Å². The Morgan fingerprint density at radius 3 is 3.05 bits per heavy atom. The molecular weight excluding hydrogens is 286 g/mol. The second kappa shape index (κ2) is 7.07. The number of carbonyl (C=O) groups excluding carboxylic acids is 1. The van der Waals surface area contributed by atoms with Crippen LogP contribution < -0.4 is 5.32 Å². The van der Waals surface area contributed by atoms with Crippen LogP contribution in [-0.4, -0.2) is 27.4 Å². The van der Waals surface area contributed by atoms with Gasteiger partial charge in [0.25, 0.3) is 5.91 Å². The maximum atomic E-state index is 12.2. The number of carbonyl (C=O) groups is 1. The lowest BCUT2D eigenvalue weighted by Crippen LogP contribution is -2.22. The SMILES string of the molecule is Cc1c(CNC(=O)c2sccc2C#CCCO)cnn1C. The summed E-state index contributed by atoms with van der Waals surface area (Å²) in [6.45, 7) is 2.43. The standard InChI is InChI=1S/C15H17N3O2S/c1-11-13(10-17-18(11)2)9-16-15(20)14-12(6-8-21-14)5-3-4-7-19/h6,8,10,19H,4,7,9H2,1-2H3,(H,16,20). The molecule has 5 nitrogen and oxygen atoms in total. The molecule has 0 bridgehead atoms. The molecule has 0 unspecified atom stereocenters. The molecule has 2 rings (SSSR count). The highest BCUT2D eigenvalue weighted by Crippen LogP contribution is 2.16. The molecule has 0 aliphatic heterocycles. The molecule has 0 saturated carbocycles. The van der Waals surface area contributed by atoms with Crippen molar-refractivity contribution >= 4 is 17.2 Å². The normalized spacial score (nSPS) is 10.0. The third-order valence-electron chi connectivity index (χ3n) is 3.11. The first-order chi connectivity index (χ1) is 10.1. The minimum absolute atomic E-state index is 0.0267. The minimum Gasteiger partial charge on any atom is -0.395 e. The first-order valence-corrected chi connectivity index (χ1v) is 7.44. The number of nitrogens with one attached hydrogen (secondary N) is 1. The topological polar surface area (TPSA) is 67.2 Å². The van der Waals surface area contributed by atoms with E-state index in [4.69, 9.17) is 5.11 Å². The number of hydrogen-bond acceptors (Lipinski definition) is 4. The number of amides is 1. The van der Waals surface area contributed by atoms with Crippen molar-refractivity contribution in [2.75, 3.05) is 6.61 Å². The van der Waals surface area contributed by atoms with Gasteiger partial charge in [0.2, 0.25) is 0 Å². The van der Waals surface area contributed by atoms with E-state index in [0.29, 0.717) is 23.4 Å². The van der Waals surface area contributed by atoms with Crippen molar-refractivity contribution in [2.24, 2.45) is 7.05 Å². The lowest BCUT2D eigenvalue weighted by molar-refractivity contribution is 0.0954. The summed E-state index contributed by atoms with van der Waals surface area (Å²) in [7, 11) is 1.87. The summed E-state index contributed by atoms with van der Waals surface area (Å²) in [5.41, 5.74) is 2.73. The molecule has 0 aliphatic rings. The van der Waals surface area contributed by atoms with Crippen LogP contribution in [-0.2, 0) is 13.6 Å². The highest BCUT2D eigenvalue weighted by atomic mass is 32.1. The predicted molar refractivity (Wildman–Crippen MR) is 82.0 cm³/mol. The molecule has 2 heterocycles. The number of aromatic nitrogens is 2. The van der Waals surface area contributed by atoms with Crippen LogP contribution in [0.4, 0.5) is 0 Å². The summed E-state index contributed by atoms with van der Waals surface area (Å²) < 4.78 is 1.78. The van der Waals surface area contributed by atoms with E-state index in [2.05, 4.69) is 22.3 Å². The van der Waals surface area contributed by atoms with Crippen molar-refractivity contribution < 1.29 is 9.90 Å². The molecule has 110 valence electrons. The molecule has 6 heteroatoms. The molecule has 2 N–H and O–H groups in total. The third-order valence-corrected chi connectivity index (χ3v) is 4.02. The van der Waals surface area contributed by atoms with Crippen LogP contribution in [0, 0.1) is 18.8 Å². The number of aliphatic hydroxyl groups excluding tert-OH is 1. The summed E-state index contributed by atoms with van der Waals surface area (Å²) in [6.07, 6.45) is 2.16. The van der Waals surface area contributed by atoms with Crippen LogP contribution in [0.2, 0.25) is 0 Å². The van der Waals surface area contributed by atoms with Crippen LogP contribution in [0.1, 0.15) is 32.9 Å². The van der Waals surface area contributed by atoms with Gasteiger partial charge in [-0.05, 0) is 18.4 Å². The average molecular weight is 303 g/mol. The van der Waals surface area contributed by atoms with Crippen LogP contribution >= 0.6 is 11.3 Å². The Morgan fingerprint density at radius 2 is 2.38 bits per heavy atom. The first-order valence-electron chi connectivity index (χ1n) is 6.56. The molecule has 0 fully saturated rings. The number of nitrogens with zero attached hydrogens (tertiary/aromatic N) is 2. The Balaban J connectivity index is 2.03. The molecule has 0 saturated heterocycles. The zero-order chi connectivity index (χ0) is 15.2. The van der Waals surface area contributed by atoms with Gasteiger partial charge in [-0.3, -0.25) is 9.48 Å². The maximum Gasteiger partial charge on any atom is 0.262 e. The fourth-order valence-electron chi connectivity index (χ4n) is 1.77. The van der Waals surface area contributed by atoms with Crippen molar-refractivity contribution in [3.63, 3.8) is 0 Å². The lowest BCUT2D eigenvalue weighted by Gasteiger charge is -2.04. The Hall–Kier alpha value is -2.10. The molecule has 0 atom stereocenters. The van der Waals surface area contributed by atoms with Crippen LogP contribution in [0.25, 0.3) is 0 Å². The van der Waals surface area contributed by atoms with Gasteiger partial charge >= 0.3 is 0 Å². The fraction of sp³-hybridized carbons (Fsp3) is 0.333. The zero-order valence-corrected chi connectivity index (χ0v) is 12.8. The summed E-state index contributed by atoms with van der Waals surface area (Å²) in [5.74, 6) is 5.61. The van der Waals surface area contributed by atoms with E-state index < -0.39 is 0 Å². The van der Waals surface area contributed by atoms with Crippen LogP contribution in [0.5, 0.6) is 0 Å². The molecule has 1 amide bonds. The van der Waals surface area contributed by atoms with Gasteiger partial charge in [0.15, 0.2) is 0 Å². The van der Waals surface area contributed by atoms with E-state index in [0.717, 1.165) is 11.3 Å². The van der Waals surface area contributed by atoms with Crippen molar-refractivity contribution in [2.45, 2.75) is 19.9 Å². The van der Waals surface area contributed by atoms with Crippen molar-refractivity contribution in [3.8, 4) is 11.8 Å². The molecule has 2 aromatic rings. The second-order valence-corrected chi connectivity index (χ2v) is 5.42. The highest BCUT2D eigenvalue weighted by molar-refractivity contribution is 7.12. The molecule has 21 heavy (non-hydrogen) atoms. The monoisotopic (exact) mass is 303 g/mol. The molecule has 2 aromatic heterocycles. The van der Waals surface area contributed by atoms with E-state index in [1.165, 1.54) is 11.3 Å². The maximum absolute atomic E-state index is 12.2. The highest BCUT2D eigenvalue weighted by Gasteiger charge is 2.12. The molecule has 0 radical (unpaired) electrons. The third kappa shape index (κ3) is 3.72. The predicted octanol–water partition coefficient (Wildman–Crippen LogP) is 1.45. The molecule has 0 aliphatic carbocycles. The Labute approximate surface area is 127 Å². The first kappa shape index (κ1) is 15.3. The Kier molecular flexibility index (Phi) is 5.14. The van der Waals surface area contributed by atoms with Gasteiger partial charge < -0.3 is 10.4 Å². The number of rotatable bonds is 4. The van der Waals surface area contributed by atoms with Gasteiger partial charge in [-0.1, -0.05) is 11.8 Å². The van der Waals surface area contributed by atoms with Crippen molar-refractivity contribution in [1.82, 2.24) is 15.1 Å². The quantitative estimate of drug-likeness (QED) is 0.840. The van der Waals surface area contributed by atoms with Gasteiger partial charge in [-0.2, -0.15) is 5.10 Å². The van der Waals surface area contributed by atoms with E-state index >= 15 is 0 Å². The number of aryl methyl sites for hydroxylation is 1. The van der Waals surface area contributed by atoms with Gasteiger partial charge in [0.1, 0.15) is 4.88 Å². The van der Waals surface area contributed by atoms with Gasteiger partial charge in [-0.15, -0.1) is 11.3 Å². The largest absolute Gasteiger partial charge is 0.395 e. The number of hydrogen-bond donors (Lipinski definition) is 2. The van der Waals surface area contributed by atoms with Crippen LogP contribution in [0.3, 0.4) is 0 Å². The van der Waals surface area contributed by atoms with E-state index in [1.54, 1.807) is 10.9 Å². The zero-order valence-electron chi connectivity index (χ0n) is 12.0. The molecule has 0 aromatic carbocycles. The molecule has 0 spiro atoms. The van der Waals surface area contributed by atoms with E-state index in [9.17, 15) is 4.79 Å². The minimum atomic E-state index is -0.137. The summed E-state index contributed by atoms with van der Waals surface area (Å²) >= 11 is 1.36. The Bertz CT molecular complexity index is 691. The summed E-state index contributed by atoms with van der Waals surface area (Å²) in [5, 5.41) is 17.6. The van der Waals surface area contributed by atoms with E-state index in [-0.39, 0.29) is 12.5 Å². The number of aliphatic hydroxyl groups is 1. The summed E-state index contributed by atoms with van der Waals surface area (Å²) in [4.78, 5) is 12.8. The summed E-state index contributed by atoms with van der Waals surface area (Å²) in [6, 6.07) is 1.82. The van der Waals surface area contributed by atoms with Gasteiger partial charge in [0.05, 0.1) is 12.8 Å². The fourth-order valence-corrected chi connectivity index (χ4v) is 2.54. The Morgan fingerprint density at radius 1 is 1.57 bits per heavy atom. The average Bonchev–Trinajstić information content (AvgIpc) is 3.06. The molecular formula is C15H17N3O2S.